The predicted molar refractivity (Wildman–Crippen MR) is 103 cm³/mol. The largest absolute Gasteiger partial charge is 0.319 e. The maximum absolute atomic E-state index is 12.5. The van der Waals surface area contributed by atoms with Gasteiger partial charge in [-0.15, -0.1) is 5.10 Å². The van der Waals surface area contributed by atoms with Gasteiger partial charge in [-0.25, -0.2) is 9.67 Å². The van der Waals surface area contributed by atoms with Gasteiger partial charge >= 0.3 is 0 Å². The minimum Gasteiger partial charge on any atom is -0.319 e. The van der Waals surface area contributed by atoms with Crippen molar-refractivity contribution >= 4 is 34.0 Å². The summed E-state index contributed by atoms with van der Waals surface area (Å²) in [5, 5.41) is 9.98. The topological polar surface area (TPSA) is 59.8 Å². The quantitative estimate of drug-likeness (QED) is 0.577. The molecule has 0 aliphatic carbocycles. The van der Waals surface area contributed by atoms with E-state index in [1.54, 1.807) is 23.7 Å². The first-order valence-electron chi connectivity index (χ1n) is 8.10. The second kappa shape index (κ2) is 6.61. The van der Waals surface area contributed by atoms with Crippen LogP contribution in [-0.4, -0.2) is 20.7 Å². The Balaban J connectivity index is 1.59. The highest BCUT2D eigenvalue weighted by atomic mass is 35.5. The number of hydrogen-bond acceptors (Lipinski definition) is 3. The van der Waals surface area contributed by atoms with Crippen LogP contribution >= 0.6 is 11.6 Å². The highest BCUT2D eigenvalue weighted by Crippen LogP contribution is 2.19. The van der Waals surface area contributed by atoms with E-state index in [-0.39, 0.29) is 11.7 Å². The monoisotopic (exact) mass is 362 g/mol. The Morgan fingerprint density at radius 3 is 2.50 bits per heavy atom. The van der Waals surface area contributed by atoms with Gasteiger partial charge in [-0.05, 0) is 54.1 Å². The van der Waals surface area contributed by atoms with Crippen LogP contribution in [0.5, 0.6) is 0 Å². The number of aryl methyl sites for hydroxylation is 1. The Morgan fingerprint density at radius 1 is 1.00 bits per heavy atom. The van der Waals surface area contributed by atoms with E-state index in [1.807, 2.05) is 54.6 Å². The molecule has 0 unspecified atom stereocenters. The van der Waals surface area contributed by atoms with E-state index in [2.05, 4.69) is 15.4 Å². The first-order valence-corrected chi connectivity index (χ1v) is 8.48. The van der Waals surface area contributed by atoms with E-state index in [0.717, 1.165) is 16.5 Å². The first-order chi connectivity index (χ1) is 12.6. The molecule has 0 atom stereocenters. The maximum Gasteiger partial charge on any atom is 0.295 e. The summed E-state index contributed by atoms with van der Waals surface area (Å²) in [5.74, 6) is 0.387. The van der Waals surface area contributed by atoms with Crippen LogP contribution in [0.15, 0.2) is 66.7 Å². The number of nitrogens with zero attached hydrogens (tertiary/aromatic N) is 3. The van der Waals surface area contributed by atoms with Crippen molar-refractivity contribution in [1.29, 1.82) is 0 Å². The van der Waals surface area contributed by atoms with Crippen LogP contribution in [0, 0.1) is 6.92 Å². The molecule has 128 valence electrons. The Bertz CT molecular complexity index is 1100. The molecule has 26 heavy (non-hydrogen) atoms. The number of carbonyl (C=O) groups excluding carboxylic acids is 1. The molecule has 0 saturated heterocycles. The summed E-state index contributed by atoms with van der Waals surface area (Å²) < 4.78 is 1.62. The second-order valence-corrected chi connectivity index (χ2v) is 6.32. The number of amides is 1. The van der Waals surface area contributed by atoms with Crippen LogP contribution in [0.3, 0.4) is 0 Å². The molecule has 0 aliphatic rings. The summed E-state index contributed by atoms with van der Waals surface area (Å²) in [4.78, 5) is 16.8. The number of aromatic nitrogens is 3. The maximum atomic E-state index is 12.5. The molecule has 5 nitrogen and oxygen atoms in total. The van der Waals surface area contributed by atoms with Gasteiger partial charge in [-0.2, -0.15) is 0 Å². The van der Waals surface area contributed by atoms with Crippen LogP contribution in [-0.2, 0) is 0 Å². The van der Waals surface area contributed by atoms with E-state index in [0.29, 0.717) is 16.5 Å². The summed E-state index contributed by atoms with van der Waals surface area (Å²) in [6.07, 6.45) is 0. The molecule has 1 amide bonds. The van der Waals surface area contributed by atoms with Gasteiger partial charge in [0.15, 0.2) is 0 Å². The minimum absolute atomic E-state index is 0.116. The molecule has 1 aromatic heterocycles. The van der Waals surface area contributed by atoms with Crippen molar-refractivity contribution < 1.29 is 4.79 Å². The molecule has 0 fully saturated rings. The molecule has 0 aliphatic heterocycles. The molecule has 0 radical (unpaired) electrons. The predicted octanol–water partition coefficient (Wildman–Crippen LogP) is 4.63. The van der Waals surface area contributed by atoms with Crippen molar-refractivity contribution in [1.82, 2.24) is 14.8 Å². The number of fused-ring (bicyclic) bond motifs is 1. The molecule has 1 N–H and O–H groups in total. The molecule has 6 heteroatoms. The lowest BCUT2D eigenvalue weighted by Crippen LogP contribution is -2.14. The zero-order valence-electron chi connectivity index (χ0n) is 14.0. The van der Waals surface area contributed by atoms with Gasteiger partial charge in [0.25, 0.3) is 5.91 Å². The standard InChI is InChI=1S/C20H15ClN4O/c1-13-22-19(24-25(13)18-10-7-16(21)8-11-18)20(26)23-17-9-6-14-4-2-3-5-15(14)12-17/h2-12H,1H3,(H,23,26). The zero-order valence-corrected chi connectivity index (χ0v) is 14.7. The fourth-order valence-electron chi connectivity index (χ4n) is 2.77. The van der Waals surface area contributed by atoms with Gasteiger partial charge < -0.3 is 5.32 Å². The first kappa shape index (κ1) is 16.3. The van der Waals surface area contributed by atoms with Crippen molar-refractivity contribution in [2.45, 2.75) is 6.92 Å². The molecule has 1 heterocycles. The summed E-state index contributed by atoms with van der Waals surface area (Å²) in [6, 6.07) is 20.9. The van der Waals surface area contributed by atoms with E-state index in [1.165, 1.54) is 0 Å². The lowest BCUT2D eigenvalue weighted by molar-refractivity contribution is 0.101. The smallest absolute Gasteiger partial charge is 0.295 e. The molecule has 4 aromatic rings. The molecule has 3 aromatic carbocycles. The number of nitrogens with one attached hydrogen (secondary N) is 1. The number of carbonyl (C=O) groups is 1. The van der Waals surface area contributed by atoms with Crippen LogP contribution in [0.2, 0.25) is 5.02 Å². The number of anilines is 1. The van der Waals surface area contributed by atoms with Gasteiger partial charge in [0.2, 0.25) is 5.82 Å². The second-order valence-electron chi connectivity index (χ2n) is 5.89. The fraction of sp³-hybridized carbons (Fsp3) is 0.0500. The lowest BCUT2D eigenvalue weighted by atomic mass is 10.1. The number of halogens is 1. The van der Waals surface area contributed by atoms with Crippen molar-refractivity contribution in [3.8, 4) is 5.69 Å². The Labute approximate surface area is 155 Å². The van der Waals surface area contributed by atoms with Crippen molar-refractivity contribution in [3.05, 3.63) is 83.4 Å². The van der Waals surface area contributed by atoms with E-state index < -0.39 is 0 Å². The Hall–Kier alpha value is -3.18. The van der Waals surface area contributed by atoms with Crippen LogP contribution in [0.4, 0.5) is 5.69 Å². The van der Waals surface area contributed by atoms with E-state index in [9.17, 15) is 4.79 Å². The number of rotatable bonds is 3. The van der Waals surface area contributed by atoms with E-state index in [4.69, 9.17) is 11.6 Å². The Morgan fingerprint density at radius 2 is 1.73 bits per heavy atom. The van der Waals surface area contributed by atoms with Gasteiger partial charge in [0, 0.05) is 10.7 Å². The molecule has 4 rings (SSSR count). The third-order valence-corrected chi connectivity index (χ3v) is 4.30. The van der Waals surface area contributed by atoms with Crippen LogP contribution in [0.1, 0.15) is 16.4 Å². The molecule has 0 spiro atoms. The van der Waals surface area contributed by atoms with Gasteiger partial charge in [-0.3, -0.25) is 4.79 Å². The van der Waals surface area contributed by atoms with Crippen molar-refractivity contribution in [2.75, 3.05) is 5.32 Å². The van der Waals surface area contributed by atoms with Gasteiger partial charge in [0.05, 0.1) is 5.69 Å². The van der Waals surface area contributed by atoms with Crippen molar-refractivity contribution in [2.24, 2.45) is 0 Å². The molecule has 0 saturated carbocycles. The molecular formula is C20H15ClN4O. The highest BCUT2D eigenvalue weighted by molar-refractivity contribution is 6.30. The summed E-state index contributed by atoms with van der Waals surface area (Å²) >= 11 is 5.92. The van der Waals surface area contributed by atoms with Crippen molar-refractivity contribution in [3.63, 3.8) is 0 Å². The van der Waals surface area contributed by atoms with E-state index >= 15 is 0 Å². The normalized spacial score (nSPS) is 10.8. The SMILES string of the molecule is Cc1nc(C(=O)Nc2ccc3ccccc3c2)nn1-c1ccc(Cl)cc1. The average molecular weight is 363 g/mol. The molecule has 0 bridgehead atoms. The summed E-state index contributed by atoms with van der Waals surface area (Å²) in [5.41, 5.74) is 1.50. The minimum atomic E-state index is -0.351. The average Bonchev–Trinajstić information content (AvgIpc) is 3.04. The summed E-state index contributed by atoms with van der Waals surface area (Å²) in [7, 11) is 0. The van der Waals surface area contributed by atoms with Gasteiger partial charge in [-0.1, -0.05) is 41.9 Å². The van der Waals surface area contributed by atoms with Crippen LogP contribution < -0.4 is 5.32 Å². The molecular weight excluding hydrogens is 348 g/mol. The highest BCUT2D eigenvalue weighted by Gasteiger charge is 2.15. The number of benzene rings is 3. The Kier molecular flexibility index (Phi) is 4.14. The third-order valence-electron chi connectivity index (χ3n) is 4.05. The zero-order chi connectivity index (χ0) is 18.1. The number of hydrogen-bond donors (Lipinski definition) is 1. The fourth-order valence-corrected chi connectivity index (χ4v) is 2.89. The summed E-state index contributed by atoms with van der Waals surface area (Å²) in [6.45, 7) is 1.80. The lowest BCUT2D eigenvalue weighted by Gasteiger charge is -2.04. The third kappa shape index (κ3) is 3.17. The van der Waals surface area contributed by atoms with Crippen LogP contribution in [0.25, 0.3) is 16.5 Å². The van der Waals surface area contributed by atoms with Gasteiger partial charge in [0.1, 0.15) is 5.82 Å².